The van der Waals surface area contributed by atoms with Crippen LogP contribution < -0.4 is 10.5 Å². The standard InChI is InChI=1S/C17H16IN5O3S2/c18-12-1-4-15(19-11-12)22-7-9-23(10-8-22)28(25,26)17-6-3-14(27-17)13-2-5-16(24)21-20-13/h1-6,11H,7-10H2,(H,21,24). The predicted molar refractivity (Wildman–Crippen MR) is 116 cm³/mol. The maximum absolute atomic E-state index is 13.0. The van der Waals surface area contributed by atoms with E-state index < -0.39 is 10.0 Å². The van der Waals surface area contributed by atoms with E-state index >= 15 is 0 Å². The smallest absolute Gasteiger partial charge is 0.264 e. The van der Waals surface area contributed by atoms with Gasteiger partial charge < -0.3 is 4.90 Å². The Morgan fingerprint density at radius 3 is 2.46 bits per heavy atom. The first kappa shape index (κ1) is 19.5. The van der Waals surface area contributed by atoms with Crippen molar-refractivity contribution >= 4 is 49.8 Å². The lowest BCUT2D eigenvalue weighted by Crippen LogP contribution is -2.48. The quantitative estimate of drug-likeness (QED) is 0.520. The van der Waals surface area contributed by atoms with Crippen LogP contribution in [-0.4, -0.2) is 54.1 Å². The van der Waals surface area contributed by atoms with Crippen LogP contribution in [0.15, 0.2) is 51.6 Å². The molecular weight excluding hydrogens is 513 g/mol. The fourth-order valence-corrected chi connectivity index (χ4v) is 6.09. The summed E-state index contributed by atoms with van der Waals surface area (Å²) in [6, 6.07) is 10.2. The molecule has 0 amide bonds. The van der Waals surface area contributed by atoms with Crippen molar-refractivity contribution in [3.63, 3.8) is 0 Å². The number of piperazine rings is 1. The molecule has 146 valence electrons. The van der Waals surface area contributed by atoms with Crippen molar-refractivity contribution < 1.29 is 8.42 Å². The molecule has 0 unspecified atom stereocenters. The number of hydrogen-bond donors (Lipinski definition) is 1. The molecule has 1 aliphatic heterocycles. The summed E-state index contributed by atoms with van der Waals surface area (Å²) in [4.78, 5) is 18.3. The molecule has 0 bridgehead atoms. The zero-order valence-corrected chi connectivity index (χ0v) is 18.4. The monoisotopic (exact) mass is 529 g/mol. The van der Waals surface area contributed by atoms with E-state index in [1.165, 1.54) is 10.4 Å². The minimum atomic E-state index is -3.57. The highest BCUT2D eigenvalue weighted by atomic mass is 127. The molecule has 1 saturated heterocycles. The Morgan fingerprint density at radius 1 is 1.04 bits per heavy atom. The number of sulfonamides is 1. The molecule has 3 aromatic heterocycles. The number of anilines is 1. The van der Waals surface area contributed by atoms with E-state index in [0.717, 1.165) is 20.7 Å². The number of aromatic nitrogens is 3. The Balaban J connectivity index is 1.48. The molecule has 3 aromatic rings. The molecule has 11 heteroatoms. The third-order valence-electron chi connectivity index (χ3n) is 4.38. The third-order valence-corrected chi connectivity index (χ3v) is 8.49. The van der Waals surface area contributed by atoms with Gasteiger partial charge in [0.15, 0.2) is 0 Å². The van der Waals surface area contributed by atoms with Gasteiger partial charge in [-0.05, 0) is 52.9 Å². The molecule has 8 nitrogen and oxygen atoms in total. The summed E-state index contributed by atoms with van der Waals surface area (Å²) in [6.07, 6.45) is 1.80. The van der Waals surface area contributed by atoms with Crippen molar-refractivity contribution in [2.45, 2.75) is 4.21 Å². The van der Waals surface area contributed by atoms with Crippen LogP contribution in [0.1, 0.15) is 0 Å². The third kappa shape index (κ3) is 3.97. The zero-order valence-electron chi connectivity index (χ0n) is 14.6. The Hall–Kier alpha value is -1.83. The van der Waals surface area contributed by atoms with Crippen molar-refractivity contribution in [2.75, 3.05) is 31.1 Å². The zero-order chi connectivity index (χ0) is 19.7. The maximum atomic E-state index is 13.0. The second-order valence-electron chi connectivity index (χ2n) is 6.15. The van der Waals surface area contributed by atoms with Gasteiger partial charge in [-0.15, -0.1) is 11.3 Å². The van der Waals surface area contributed by atoms with Gasteiger partial charge in [0.2, 0.25) is 0 Å². The lowest BCUT2D eigenvalue weighted by molar-refractivity contribution is 0.385. The summed E-state index contributed by atoms with van der Waals surface area (Å²) in [5.74, 6) is 0.861. The van der Waals surface area contributed by atoms with Crippen LogP contribution in [0, 0.1) is 3.57 Å². The number of nitrogens with zero attached hydrogens (tertiary/aromatic N) is 4. The summed E-state index contributed by atoms with van der Waals surface area (Å²) >= 11 is 3.36. The second-order valence-corrected chi connectivity index (χ2v) is 10.6. The van der Waals surface area contributed by atoms with Crippen LogP contribution in [0.5, 0.6) is 0 Å². The summed E-state index contributed by atoms with van der Waals surface area (Å²) in [5, 5.41) is 6.32. The first-order chi connectivity index (χ1) is 13.4. The highest BCUT2D eigenvalue weighted by Crippen LogP contribution is 2.31. The lowest BCUT2D eigenvalue weighted by Gasteiger charge is -2.34. The molecule has 0 aromatic carbocycles. The highest BCUT2D eigenvalue weighted by molar-refractivity contribution is 14.1. The van der Waals surface area contributed by atoms with Crippen LogP contribution >= 0.6 is 33.9 Å². The van der Waals surface area contributed by atoms with Crippen molar-refractivity contribution in [1.29, 1.82) is 0 Å². The Morgan fingerprint density at radius 2 is 1.82 bits per heavy atom. The fourth-order valence-electron chi connectivity index (χ4n) is 2.92. The molecule has 0 saturated carbocycles. The number of hydrogen-bond acceptors (Lipinski definition) is 7. The highest BCUT2D eigenvalue weighted by Gasteiger charge is 2.30. The Labute approximate surface area is 179 Å². The van der Waals surface area contributed by atoms with E-state index in [-0.39, 0.29) is 9.77 Å². The van der Waals surface area contributed by atoms with Gasteiger partial charge in [-0.25, -0.2) is 18.5 Å². The fraction of sp³-hybridized carbons (Fsp3) is 0.235. The second kappa shape index (κ2) is 7.89. The number of halogens is 1. The molecule has 4 heterocycles. The summed E-state index contributed by atoms with van der Waals surface area (Å²) < 4.78 is 28.8. The van der Waals surface area contributed by atoms with Gasteiger partial charge in [0.05, 0.1) is 4.88 Å². The maximum Gasteiger partial charge on any atom is 0.264 e. The average Bonchev–Trinajstić information content (AvgIpc) is 3.20. The van der Waals surface area contributed by atoms with E-state index in [4.69, 9.17) is 0 Å². The summed E-state index contributed by atoms with van der Waals surface area (Å²) in [6.45, 7) is 1.99. The van der Waals surface area contributed by atoms with Crippen molar-refractivity contribution in [2.24, 2.45) is 0 Å². The predicted octanol–water partition coefficient (Wildman–Crippen LogP) is 2.01. The number of thiophene rings is 1. The molecule has 1 N–H and O–H groups in total. The number of aromatic amines is 1. The van der Waals surface area contributed by atoms with Gasteiger partial charge in [-0.1, -0.05) is 0 Å². The molecule has 0 radical (unpaired) electrons. The van der Waals surface area contributed by atoms with Crippen LogP contribution in [-0.2, 0) is 10.0 Å². The average molecular weight is 529 g/mol. The normalized spacial score (nSPS) is 15.7. The molecule has 0 aliphatic carbocycles. The van der Waals surface area contributed by atoms with Gasteiger partial charge in [0.25, 0.3) is 15.6 Å². The number of pyridine rings is 1. The van der Waals surface area contributed by atoms with Gasteiger partial charge >= 0.3 is 0 Å². The number of rotatable bonds is 4. The SMILES string of the molecule is O=c1ccc(-c2ccc(S(=O)(=O)N3CCN(c4ccc(I)cn4)CC3)s2)n[nH]1. The molecule has 28 heavy (non-hydrogen) atoms. The van der Waals surface area contributed by atoms with E-state index in [1.54, 1.807) is 24.4 Å². The topological polar surface area (TPSA) is 99.3 Å². The van der Waals surface area contributed by atoms with Crippen LogP contribution in [0.4, 0.5) is 5.82 Å². The van der Waals surface area contributed by atoms with E-state index in [1.807, 2.05) is 12.1 Å². The molecule has 4 rings (SSSR count). The van der Waals surface area contributed by atoms with Gasteiger partial charge in [-0.2, -0.15) is 9.40 Å². The molecular formula is C17H16IN5O3S2. The minimum Gasteiger partial charge on any atom is -0.354 e. The largest absolute Gasteiger partial charge is 0.354 e. The lowest BCUT2D eigenvalue weighted by atomic mass is 10.3. The number of nitrogens with one attached hydrogen (secondary N) is 1. The molecule has 0 atom stereocenters. The van der Waals surface area contributed by atoms with E-state index in [2.05, 4.69) is 42.7 Å². The van der Waals surface area contributed by atoms with Gasteiger partial charge in [-0.3, -0.25) is 4.79 Å². The summed E-state index contributed by atoms with van der Waals surface area (Å²) in [5.41, 5.74) is 0.245. The van der Waals surface area contributed by atoms with Crippen LogP contribution in [0.2, 0.25) is 0 Å². The molecule has 0 spiro atoms. The van der Waals surface area contributed by atoms with Gasteiger partial charge in [0, 0.05) is 42.0 Å². The van der Waals surface area contributed by atoms with E-state index in [0.29, 0.717) is 36.8 Å². The number of H-pyrrole nitrogens is 1. The van der Waals surface area contributed by atoms with Crippen molar-refractivity contribution in [3.8, 4) is 10.6 Å². The van der Waals surface area contributed by atoms with Crippen molar-refractivity contribution in [1.82, 2.24) is 19.5 Å². The molecule has 1 fully saturated rings. The first-order valence-corrected chi connectivity index (χ1v) is 11.8. The Bertz CT molecular complexity index is 1120. The Kier molecular flexibility index (Phi) is 5.49. The van der Waals surface area contributed by atoms with Crippen molar-refractivity contribution in [3.05, 3.63) is 56.5 Å². The van der Waals surface area contributed by atoms with E-state index in [9.17, 15) is 13.2 Å². The van der Waals surface area contributed by atoms with Crippen LogP contribution in [0.3, 0.4) is 0 Å². The summed E-state index contributed by atoms with van der Waals surface area (Å²) in [7, 11) is -3.57. The molecule has 1 aliphatic rings. The first-order valence-electron chi connectivity index (χ1n) is 8.46. The minimum absolute atomic E-state index is 0.274. The van der Waals surface area contributed by atoms with Gasteiger partial charge in [0.1, 0.15) is 15.7 Å². The van der Waals surface area contributed by atoms with Crippen LogP contribution in [0.25, 0.3) is 10.6 Å².